The van der Waals surface area contributed by atoms with Gasteiger partial charge in [-0.25, -0.2) is 8.78 Å². The Hall–Kier alpha value is -2.43. The van der Waals surface area contributed by atoms with E-state index in [9.17, 15) is 13.6 Å². The second-order valence-electron chi connectivity index (χ2n) is 5.01. The molecule has 0 saturated heterocycles. The number of anilines is 2. The number of fused-ring (bicyclic) bond motifs is 1. The van der Waals surface area contributed by atoms with Crippen molar-refractivity contribution in [2.24, 2.45) is 0 Å². The Bertz CT molecular complexity index is 701. The highest BCUT2D eigenvalue weighted by Gasteiger charge is 2.14. The molecule has 0 fully saturated rings. The number of amides is 1. The molecule has 0 radical (unpaired) electrons. The van der Waals surface area contributed by atoms with E-state index >= 15 is 0 Å². The lowest BCUT2D eigenvalue weighted by Gasteiger charge is -2.18. The van der Waals surface area contributed by atoms with Crippen LogP contribution in [0, 0.1) is 11.6 Å². The number of nitrogens with one attached hydrogen (secondary N) is 2. The molecule has 2 N–H and O–H groups in total. The Morgan fingerprint density at radius 1 is 1.10 bits per heavy atom. The second kappa shape index (κ2) is 5.52. The number of aryl methyl sites for hydroxylation is 1. The summed E-state index contributed by atoms with van der Waals surface area (Å²) in [6.07, 6.45) is 1.15. The van der Waals surface area contributed by atoms with Crippen molar-refractivity contribution < 1.29 is 13.6 Å². The minimum atomic E-state index is -0.457. The van der Waals surface area contributed by atoms with E-state index in [-0.39, 0.29) is 18.0 Å². The van der Waals surface area contributed by atoms with Crippen LogP contribution in [0.2, 0.25) is 0 Å². The molecular weight excluding hydrogens is 274 g/mol. The summed E-state index contributed by atoms with van der Waals surface area (Å²) in [5, 5.41) is 5.87. The van der Waals surface area contributed by atoms with Gasteiger partial charge in [0.1, 0.15) is 11.6 Å². The number of halogens is 2. The van der Waals surface area contributed by atoms with Crippen LogP contribution in [-0.4, -0.2) is 5.91 Å². The Morgan fingerprint density at radius 3 is 2.81 bits per heavy atom. The zero-order chi connectivity index (χ0) is 14.8. The van der Waals surface area contributed by atoms with Crippen LogP contribution in [0.3, 0.4) is 0 Å². The number of carbonyl (C=O) groups is 1. The molecule has 5 heteroatoms. The van der Waals surface area contributed by atoms with Crippen LogP contribution in [0.4, 0.5) is 20.2 Å². The molecule has 1 aliphatic rings. The highest BCUT2D eigenvalue weighted by molar-refractivity contribution is 5.94. The molecule has 2 aromatic carbocycles. The van der Waals surface area contributed by atoms with Crippen molar-refractivity contribution >= 4 is 17.3 Å². The van der Waals surface area contributed by atoms with Crippen LogP contribution in [-0.2, 0) is 17.8 Å². The van der Waals surface area contributed by atoms with Crippen LogP contribution in [0.15, 0.2) is 36.4 Å². The average Bonchev–Trinajstić information content (AvgIpc) is 2.48. The van der Waals surface area contributed by atoms with Gasteiger partial charge in [0.05, 0.1) is 0 Å². The molecule has 0 spiro atoms. The first-order chi connectivity index (χ1) is 10.1. The average molecular weight is 288 g/mol. The number of hydrogen-bond acceptors (Lipinski definition) is 2. The lowest BCUT2D eigenvalue weighted by molar-refractivity contribution is -0.116. The van der Waals surface area contributed by atoms with E-state index in [1.807, 2.05) is 18.2 Å². The van der Waals surface area contributed by atoms with E-state index in [2.05, 4.69) is 10.6 Å². The van der Waals surface area contributed by atoms with E-state index in [0.717, 1.165) is 29.1 Å². The van der Waals surface area contributed by atoms with Gasteiger partial charge in [-0.15, -0.1) is 0 Å². The maximum Gasteiger partial charge on any atom is 0.224 e. The third kappa shape index (κ3) is 3.02. The first-order valence-corrected chi connectivity index (χ1v) is 6.72. The predicted octanol–water partition coefficient (Wildman–Crippen LogP) is 3.46. The molecule has 0 aromatic heterocycles. The quantitative estimate of drug-likeness (QED) is 0.908. The van der Waals surface area contributed by atoms with Crippen LogP contribution < -0.4 is 10.6 Å². The molecule has 2 aromatic rings. The summed E-state index contributed by atoms with van der Waals surface area (Å²) in [4.78, 5) is 11.3. The summed E-state index contributed by atoms with van der Waals surface area (Å²) >= 11 is 0. The normalized spacial score (nSPS) is 13.5. The fourth-order valence-corrected chi connectivity index (χ4v) is 2.37. The fraction of sp³-hybridized carbons (Fsp3) is 0.188. The van der Waals surface area contributed by atoms with Gasteiger partial charge in [-0.1, -0.05) is 0 Å². The van der Waals surface area contributed by atoms with Crippen molar-refractivity contribution in [2.45, 2.75) is 19.4 Å². The monoisotopic (exact) mass is 288 g/mol. The lowest BCUT2D eigenvalue weighted by Crippen LogP contribution is -2.19. The van der Waals surface area contributed by atoms with E-state index in [1.165, 1.54) is 6.07 Å². The second-order valence-corrected chi connectivity index (χ2v) is 5.01. The molecule has 1 aliphatic heterocycles. The van der Waals surface area contributed by atoms with E-state index in [1.54, 1.807) is 0 Å². The molecule has 1 amide bonds. The van der Waals surface area contributed by atoms with Crippen molar-refractivity contribution in [3.8, 4) is 0 Å². The van der Waals surface area contributed by atoms with E-state index in [4.69, 9.17) is 0 Å². The predicted molar refractivity (Wildman–Crippen MR) is 77.1 cm³/mol. The minimum absolute atomic E-state index is 0.0186. The molecule has 108 valence electrons. The maximum atomic E-state index is 13.5. The molecule has 0 atom stereocenters. The third-order valence-electron chi connectivity index (χ3n) is 3.49. The molecule has 21 heavy (non-hydrogen) atoms. The van der Waals surface area contributed by atoms with Crippen molar-refractivity contribution in [3.05, 3.63) is 59.2 Å². The van der Waals surface area contributed by atoms with Gasteiger partial charge in [0.15, 0.2) is 0 Å². The van der Waals surface area contributed by atoms with Crippen molar-refractivity contribution in [3.63, 3.8) is 0 Å². The summed E-state index contributed by atoms with van der Waals surface area (Å²) in [6, 6.07) is 8.94. The summed E-state index contributed by atoms with van der Waals surface area (Å²) in [6.45, 7) is 0.203. The molecule has 0 saturated carbocycles. The van der Waals surface area contributed by atoms with Crippen LogP contribution in [0.25, 0.3) is 0 Å². The zero-order valence-electron chi connectivity index (χ0n) is 11.2. The highest BCUT2D eigenvalue weighted by Crippen LogP contribution is 2.26. The largest absolute Gasteiger partial charge is 0.381 e. The van der Waals surface area contributed by atoms with Gasteiger partial charge >= 0.3 is 0 Å². The van der Waals surface area contributed by atoms with Gasteiger partial charge < -0.3 is 10.6 Å². The minimum Gasteiger partial charge on any atom is -0.381 e. The topological polar surface area (TPSA) is 41.1 Å². The first-order valence-electron chi connectivity index (χ1n) is 6.72. The molecular formula is C16H14F2N2O. The summed E-state index contributed by atoms with van der Waals surface area (Å²) < 4.78 is 26.6. The number of rotatable bonds is 3. The van der Waals surface area contributed by atoms with Crippen LogP contribution >= 0.6 is 0 Å². The van der Waals surface area contributed by atoms with Crippen LogP contribution in [0.1, 0.15) is 17.5 Å². The molecule has 3 nitrogen and oxygen atoms in total. The number of carbonyl (C=O) groups excluding carboxylic acids is 1. The molecule has 0 unspecified atom stereocenters. The smallest absolute Gasteiger partial charge is 0.224 e. The molecule has 3 rings (SSSR count). The maximum absolute atomic E-state index is 13.5. The van der Waals surface area contributed by atoms with Gasteiger partial charge in [-0.3, -0.25) is 4.79 Å². The van der Waals surface area contributed by atoms with Gasteiger partial charge in [0, 0.05) is 29.9 Å². The number of hydrogen-bond donors (Lipinski definition) is 2. The molecule has 1 heterocycles. The SMILES string of the molecule is O=C1CCc2cc(NCc3cc(F)ccc3F)ccc2N1. The first kappa shape index (κ1) is 13.5. The highest BCUT2D eigenvalue weighted by atomic mass is 19.1. The lowest BCUT2D eigenvalue weighted by atomic mass is 10.0. The Morgan fingerprint density at radius 2 is 1.95 bits per heavy atom. The number of benzene rings is 2. The Labute approximate surface area is 121 Å². The standard InChI is InChI=1S/C16H14F2N2O/c17-12-2-4-14(18)11(7-12)9-19-13-3-5-15-10(8-13)1-6-16(21)20-15/h2-5,7-8,19H,1,6,9H2,(H,20,21). The molecule has 0 bridgehead atoms. The van der Waals surface area contributed by atoms with Gasteiger partial charge in [0.2, 0.25) is 5.91 Å². The summed E-state index contributed by atoms with van der Waals surface area (Å²) in [5.41, 5.74) is 2.95. The van der Waals surface area contributed by atoms with Crippen molar-refractivity contribution in [1.82, 2.24) is 0 Å². The van der Waals surface area contributed by atoms with Crippen molar-refractivity contribution in [2.75, 3.05) is 10.6 Å². The van der Waals surface area contributed by atoms with Gasteiger partial charge in [-0.2, -0.15) is 0 Å². The summed E-state index contributed by atoms with van der Waals surface area (Å²) in [7, 11) is 0. The van der Waals surface area contributed by atoms with E-state index < -0.39 is 11.6 Å². The Kier molecular flexibility index (Phi) is 3.56. The zero-order valence-corrected chi connectivity index (χ0v) is 11.2. The fourth-order valence-electron chi connectivity index (χ4n) is 2.37. The van der Waals surface area contributed by atoms with Gasteiger partial charge in [0.25, 0.3) is 0 Å². The van der Waals surface area contributed by atoms with E-state index in [0.29, 0.717) is 12.8 Å². The molecule has 0 aliphatic carbocycles. The van der Waals surface area contributed by atoms with Crippen LogP contribution in [0.5, 0.6) is 0 Å². The van der Waals surface area contributed by atoms with Crippen molar-refractivity contribution in [1.29, 1.82) is 0 Å². The third-order valence-corrected chi connectivity index (χ3v) is 3.49. The Balaban J connectivity index is 1.74. The van der Waals surface area contributed by atoms with Gasteiger partial charge in [-0.05, 0) is 48.4 Å². The summed E-state index contributed by atoms with van der Waals surface area (Å²) in [5.74, 6) is -0.875.